The minimum Gasteiger partial charge on any atom is -0.457 e. The van der Waals surface area contributed by atoms with Crippen LogP contribution in [0.5, 0.6) is 0 Å². The Morgan fingerprint density at radius 2 is 1.17 bits per heavy atom. The summed E-state index contributed by atoms with van der Waals surface area (Å²) < 4.78 is 15.9. The molecule has 0 aliphatic heterocycles. The zero-order valence-corrected chi connectivity index (χ0v) is 35.8. The molecule has 0 radical (unpaired) electrons. The smallest absolute Gasteiger partial charge is 0.164 e. The number of rotatable bonds is 4. The van der Waals surface area contributed by atoms with Crippen LogP contribution >= 0.6 is 0 Å². The first kappa shape index (κ1) is 36.4. The molecule has 14 rings (SSSR count). The third-order valence-electron chi connectivity index (χ3n) is 14.2. The van der Waals surface area contributed by atoms with Crippen LogP contribution < -0.4 is 0 Å². The van der Waals surface area contributed by atoms with Gasteiger partial charge in [0.1, 0.15) is 22.9 Å². The Hall–Kier alpha value is -8.09. The second-order valence-electron chi connectivity index (χ2n) is 18.0. The molecule has 4 heterocycles. The number of aromatic nitrogens is 4. The van der Waals surface area contributed by atoms with Gasteiger partial charge in [-0.1, -0.05) is 129 Å². The van der Waals surface area contributed by atoms with Crippen LogP contribution in [0.15, 0.2) is 173 Å². The Bertz CT molecular complexity index is 3960. The number of hydrogen-bond donors (Lipinski definition) is 0. The van der Waals surface area contributed by atoms with Crippen LogP contribution in [0, 0.1) is 0 Å². The summed E-state index contributed by atoms with van der Waals surface area (Å²) in [6.07, 6.45) is 9.71. The third-order valence-corrected chi connectivity index (χ3v) is 14.2. The van der Waals surface area contributed by atoms with E-state index in [1.54, 1.807) is 0 Å². The van der Waals surface area contributed by atoms with Gasteiger partial charge in [0.15, 0.2) is 17.2 Å². The average molecular weight is 837 g/mol. The molecule has 4 aromatic heterocycles. The van der Waals surface area contributed by atoms with E-state index >= 15 is 0 Å². The largest absolute Gasteiger partial charge is 0.457 e. The third kappa shape index (κ3) is 5.43. The molecule has 3 unspecified atom stereocenters. The van der Waals surface area contributed by atoms with E-state index in [2.05, 4.69) is 188 Å². The van der Waals surface area contributed by atoms with Crippen LogP contribution in [0.25, 0.3) is 117 Å². The lowest BCUT2D eigenvalue weighted by atomic mass is 9.77. The van der Waals surface area contributed by atoms with Crippen LogP contribution in [0.3, 0.4) is 0 Å². The first-order chi connectivity index (χ1) is 32.0. The molecule has 2 aliphatic carbocycles. The number of fused-ring (bicyclic) bond motifs is 12. The minimum atomic E-state index is -0.110. The van der Waals surface area contributed by atoms with Crippen molar-refractivity contribution in [3.8, 4) is 28.5 Å². The lowest BCUT2D eigenvalue weighted by Crippen LogP contribution is -2.17. The number of furan rings is 2. The molecule has 0 saturated carbocycles. The molecule has 65 heavy (non-hydrogen) atoms. The van der Waals surface area contributed by atoms with E-state index in [9.17, 15) is 0 Å². The summed E-state index contributed by atoms with van der Waals surface area (Å²) in [6, 6.07) is 54.2. The average Bonchev–Trinajstić information content (AvgIpc) is 4.03. The molecule has 2 aliphatic rings. The van der Waals surface area contributed by atoms with Gasteiger partial charge in [-0.25, -0.2) is 15.0 Å². The molecule has 6 nitrogen and oxygen atoms in total. The van der Waals surface area contributed by atoms with Gasteiger partial charge in [-0.2, -0.15) is 0 Å². The lowest BCUT2D eigenvalue weighted by Gasteiger charge is -2.26. The van der Waals surface area contributed by atoms with Crippen molar-refractivity contribution >= 4 is 88.2 Å². The normalized spacial score (nSPS) is 17.0. The Kier molecular flexibility index (Phi) is 7.67. The van der Waals surface area contributed by atoms with Gasteiger partial charge in [-0.05, 0) is 111 Å². The van der Waals surface area contributed by atoms with Crippen LogP contribution in [-0.2, 0) is 0 Å². The number of nitrogens with zero attached hydrogens (tertiary/aromatic N) is 4. The van der Waals surface area contributed by atoms with E-state index in [0.29, 0.717) is 17.6 Å². The van der Waals surface area contributed by atoms with Gasteiger partial charge >= 0.3 is 0 Å². The summed E-state index contributed by atoms with van der Waals surface area (Å²) in [5.74, 6) is 4.22. The lowest BCUT2D eigenvalue weighted by molar-refractivity contribution is 0.525. The molecule has 3 atom stereocenters. The van der Waals surface area contributed by atoms with Gasteiger partial charge in [0.2, 0.25) is 0 Å². The predicted molar refractivity (Wildman–Crippen MR) is 266 cm³/mol. The molecular weight excluding hydrogens is 797 g/mol. The number of para-hydroxylation sites is 1. The maximum absolute atomic E-state index is 7.04. The maximum Gasteiger partial charge on any atom is 0.164 e. The molecule has 8 aromatic carbocycles. The summed E-state index contributed by atoms with van der Waals surface area (Å²) in [5, 5.41) is 11.5. The van der Waals surface area contributed by atoms with E-state index in [-0.39, 0.29) is 11.8 Å². The summed E-state index contributed by atoms with van der Waals surface area (Å²) in [6.45, 7) is 4.59. The highest BCUT2D eigenvalue weighted by Gasteiger charge is 2.35. The van der Waals surface area contributed by atoms with Crippen molar-refractivity contribution in [2.45, 2.75) is 38.0 Å². The molecule has 308 valence electrons. The fourth-order valence-electron chi connectivity index (χ4n) is 11.0. The topological polar surface area (TPSA) is 69.9 Å². The summed E-state index contributed by atoms with van der Waals surface area (Å²) in [5.41, 5.74) is 9.18. The molecule has 12 aromatic rings. The van der Waals surface area contributed by atoms with Gasteiger partial charge in [-0.15, -0.1) is 0 Å². The van der Waals surface area contributed by atoms with Gasteiger partial charge in [0, 0.05) is 49.7 Å². The highest BCUT2D eigenvalue weighted by molar-refractivity contribution is 6.19. The van der Waals surface area contributed by atoms with E-state index in [4.69, 9.17) is 23.8 Å². The molecular formula is C59H40N4O2. The number of hydrogen-bond acceptors (Lipinski definition) is 5. The van der Waals surface area contributed by atoms with Crippen LogP contribution in [-0.4, -0.2) is 19.5 Å². The standard InChI is InChI=1S/C59H40N4O2/c1-33-12-11-21-51-53(33)54-34(2)42(25-27-52(54)64-51)58-60-57(41-23-22-35-13-3-4-14-36(35)28-41)61-59(62-58)44-24-26-47(56-55(44)43-19-9-10-20-50(43)65-56)63-48-31-39-17-7-5-15-37(39)29-45(48)46-30-38-16-6-8-18-40(38)32-49(46)63/h3-11,13-34,42H,12H2,1-2H3. The van der Waals surface area contributed by atoms with Crippen molar-refractivity contribution in [3.05, 3.63) is 192 Å². The zero-order chi connectivity index (χ0) is 42.9. The Labute approximate surface area is 373 Å². The monoisotopic (exact) mass is 836 g/mol. The fraction of sp³-hybridized carbons (Fsp3) is 0.102. The fourth-order valence-corrected chi connectivity index (χ4v) is 11.0. The Morgan fingerprint density at radius 3 is 1.91 bits per heavy atom. The van der Waals surface area contributed by atoms with E-state index < -0.39 is 0 Å². The Morgan fingerprint density at radius 1 is 0.538 bits per heavy atom. The second-order valence-corrected chi connectivity index (χ2v) is 18.0. The highest BCUT2D eigenvalue weighted by atomic mass is 16.3. The summed E-state index contributed by atoms with van der Waals surface area (Å²) in [4.78, 5) is 16.2. The van der Waals surface area contributed by atoms with E-state index in [1.807, 2.05) is 6.07 Å². The molecule has 0 spiro atoms. The SMILES string of the molecule is CC1CC=Cc2oc3c(c21)C(C)C(c1nc(-c2ccc4ccccc4c2)nc(-c2ccc(-n4c5cc6ccccc6cc5c5cc6ccccc6cc54)c4oc5ccccc5c24)n1)C=C3. The van der Waals surface area contributed by atoms with E-state index in [0.717, 1.165) is 78.9 Å². The minimum absolute atomic E-state index is 0.0794. The van der Waals surface area contributed by atoms with Crippen molar-refractivity contribution in [2.24, 2.45) is 0 Å². The van der Waals surface area contributed by atoms with Crippen molar-refractivity contribution in [2.75, 3.05) is 0 Å². The number of allylic oxidation sites excluding steroid dienone is 2. The molecule has 0 bridgehead atoms. The van der Waals surface area contributed by atoms with Crippen LogP contribution in [0.1, 0.15) is 66.5 Å². The summed E-state index contributed by atoms with van der Waals surface area (Å²) in [7, 11) is 0. The molecule has 6 heteroatoms. The van der Waals surface area contributed by atoms with Crippen LogP contribution in [0.2, 0.25) is 0 Å². The van der Waals surface area contributed by atoms with Crippen molar-refractivity contribution in [1.82, 2.24) is 19.5 Å². The van der Waals surface area contributed by atoms with Gasteiger partial charge in [-0.3, -0.25) is 0 Å². The van der Waals surface area contributed by atoms with Crippen LogP contribution in [0.4, 0.5) is 0 Å². The molecule has 0 amide bonds. The van der Waals surface area contributed by atoms with Crippen molar-refractivity contribution in [3.63, 3.8) is 0 Å². The molecule has 0 N–H and O–H groups in total. The first-order valence-corrected chi connectivity index (χ1v) is 22.6. The zero-order valence-electron chi connectivity index (χ0n) is 35.8. The molecule has 0 saturated heterocycles. The van der Waals surface area contributed by atoms with Gasteiger partial charge in [0.05, 0.1) is 16.7 Å². The highest BCUT2D eigenvalue weighted by Crippen LogP contribution is 2.49. The van der Waals surface area contributed by atoms with Crippen molar-refractivity contribution < 1.29 is 8.83 Å². The first-order valence-electron chi connectivity index (χ1n) is 22.6. The predicted octanol–water partition coefficient (Wildman–Crippen LogP) is 15.7. The van der Waals surface area contributed by atoms with E-state index in [1.165, 1.54) is 48.8 Å². The van der Waals surface area contributed by atoms with Gasteiger partial charge in [0.25, 0.3) is 0 Å². The number of benzene rings is 8. The van der Waals surface area contributed by atoms with Crippen molar-refractivity contribution in [1.29, 1.82) is 0 Å². The molecule has 0 fully saturated rings. The summed E-state index contributed by atoms with van der Waals surface area (Å²) >= 11 is 0. The van der Waals surface area contributed by atoms with Gasteiger partial charge < -0.3 is 13.4 Å². The second kappa shape index (κ2) is 13.7. The maximum atomic E-state index is 7.04. The quantitative estimate of drug-likeness (QED) is 0.177. The Balaban J connectivity index is 1.03.